The number of thiophene rings is 1. The van der Waals surface area contributed by atoms with Crippen LogP contribution >= 0.6 is 34.5 Å². The van der Waals surface area contributed by atoms with Gasteiger partial charge in [-0.15, -0.1) is 11.3 Å². The van der Waals surface area contributed by atoms with Gasteiger partial charge in [-0.1, -0.05) is 44.0 Å². The van der Waals surface area contributed by atoms with Crippen molar-refractivity contribution in [1.29, 1.82) is 0 Å². The van der Waals surface area contributed by atoms with Crippen molar-refractivity contribution in [1.82, 2.24) is 5.32 Å². The van der Waals surface area contributed by atoms with Crippen molar-refractivity contribution in [3.05, 3.63) is 45.3 Å². The second kappa shape index (κ2) is 7.64. The highest BCUT2D eigenvalue weighted by molar-refractivity contribution is 7.15. The Bertz CT molecular complexity index is 592. The lowest BCUT2D eigenvalue weighted by Gasteiger charge is -2.21. The van der Waals surface area contributed by atoms with E-state index in [1.807, 2.05) is 18.2 Å². The van der Waals surface area contributed by atoms with Crippen molar-refractivity contribution >= 4 is 34.5 Å². The summed E-state index contributed by atoms with van der Waals surface area (Å²) in [5.41, 5.74) is 1.01. The molecule has 1 atom stereocenters. The van der Waals surface area contributed by atoms with Crippen LogP contribution in [0.3, 0.4) is 0 Å². The molecule has 21 heavy (non-hydrogen) atoms. The lowest BCUT2D eigenvalue weighted by molar-refractivity contribution is 0.418. The Morgan fingerprint density at radius 2 is 1.90 bits per heavy atom. The highest BCUT2D eigenvalue weighted by Crippen LogP contribution is 2.38. The van der Waals surface area contributed by atoms with Crippen molar-refractivity contribution in [3.63, 3.8) is 0 Å². The maximum Gasteiger partial charge on any atom is 0.0493 e. The van der Waals surface area contributed by atoms with E-state index in [9.17, 15) is 0 Å². The van der Waals surface area contributed by atoms with Crippen molar-refractivity contribution in [2.45, 2.75) is 33.2 Å². The predicted octanol–water partition coefficient (Wildman–Crippen LogP) is 6.42. The maximum absolute atomic E-state index is 6.30. The van der Waals surface area contributed by atoms with Gasteiger partial charge in [0.15, 0.2) is 0 Å². The third-order valence-corrected chi connectivity index (χ3v) is 5.17. The molecule has 0 aliphatic heterocycles. The van der Waals surface area contributed by atoms with E-state index in [2.05, 4.69) is 38.2 Å². The minimum atomic E-state index is 0.390. The summed E-state index contributed by atoms with van der Waals surface area (Å²) >= 11 is 14.2. The Hall–Kier alpha value is -0.540. The van der Waals surface area contributed by atoms with Crippen LogP contribution in [0.2, 0.25) is 10.0 Å². The number of rotatable bonds is 6. The second-order valence-electron chi connectivity index (χ2n) is 5.50. The zero-order chi connectivity index (χ0) is 15.4. The number of hydrogen-bond donors (Lipinski definition) is 1. The molecule has 1 aromatic carbocycles. The van der Waals surface area contributed by atoms with Crippen LogP contribution in [0.4, 0.5) is 0 Å². The third-order valence-electron chi connectivity index (χ3n) is 3.41. The van der Waals surface area contributed by atoms with Gasteiger partial charge in [-0.3, -0.25) is 0 Å². The minimum absolute atomic E-state index is 0.390. The summed E-state index contributed by atoms with van der Waals surface area (Å²) in [7, 11) is 0. The zero-order valence-corrected chi connectivity index (χ0v) is 14.9. The molecule has 0 saturated heterocycles. The van der Waals surface area contributed by atoms with E-state index in [4.69, 9.17) is 23.2 Å². The number of hydrogen-bond acceptors (Lipinski definition) is 2. The van der Waals surface area contributed by atoms with Gasteiger partial charge in [0.1, 0.15) is 0 Å². The van der Waals surface area contributed by atoms with Crippen LogP contribution in [0.1, 0.15) is 38.1 Å². The number of halogens is 2. The molecule has 114 valence electrons. The van der Waals surface area contributed by atoms with Gasteiger partial charge in [0.25, 0.3) is 0 Å². The van der Waals surface area contributed by atoms with Crippen molar-refractivity contribution in [2.24, 2.45) is 5.92 Å². The van der Waals surface area contributed by atoms with Crippen LogP contribution in [-0.2, 0) is 0 Å². The maximum atomic E-state index is 6.30. The quantitative estimate of drug-likeness (QED) is 0.639. The molecule has 0 radical (unpaired) electrons. The van der Waals surface area contributed by atoms with Crippen LogP contribution in [-0.4, -0.2) is 6.54 Å². The first kappa shape index (κ1) is 16.8. The van der Waals surface area contributed by atoms with Gasteiger partial charge in [-0.05, 0) is 49.2 Å². The summed E-state index contributed by atoms with van der Waals surface area (Å²) in [6.45, 7) is 7.72. The molecular formula is C17H21Cl2NS. The summed E-state index contributed by atoms with van der Waals surface area (Å²) in [5, 5.41) is 5.09. The highest BCUT2D eigenvalue weighted by Gasteiger charge is 2.18. The van der Waals surface area contributed by atoms with Gasteiger partial charge in [0.2, 0.25) is 0 Å². The summed E-state index contributed by atoms with van der Waals surface area (Å²) in [4.78, 5) is 2.52. The molecule has 0 bridgehead atoms. The van der Waals surface area contributed by atoms with Gasteiger partial charge in [-0.25, -0.2) is 0 Å². The lowest BCUT2D eigenvalue weighted by atomic mass is 10.0. The smallest absolute Gasteiger partial charge is 0.0493 e. The van der Waals surface area contributed by atoms with E-state index in [1.54, 1.807) is 11.3 Å². The van der Waals surface area contributed by atoms with Crippen molar-refractivity contribution < 1.29 is 0 Å². The third kappa shape index (κ3) is 4.23. The average molecular weight is 342 g/mol. The largest absolute Gasteiger partial charge is 0.309 e. The fourth-order valence-corrected chi connectivity index (χ4v) is 4.05. The van der Waals surface area contributed by atoms with Gasteiger partial charge < -0.3 is 5.32 Å². The molecule has 4 heteroatoms. The molecule has 0 spiro atoms. The number of nitrogens with one attached hydrogen (secondary N) is 1. The normalized spacial score (nSPS) is 12.9. The van der Waals surface area contributed by atoms with Crippen LogP contribution in [0.15, 0.2) is 30.3 Å². The standard InChI is InChI=1S/C17H21Cl2NS/c1-4-9-20-17(11(2)3)16-8-7-15(21-16)13-10-12(18)5-6-14(13)19/h5-8,10-11,17,20H,4,9H2,1-3H3. The van der Waals surface area contributed by atoms with Gasteiger partial charge in [0, 0.05) is 31.4 Å². The summed E-state index contributed by atoms with van der Waals surface area (Å²) in [6.07, 6.45) is 1.14. The van der Waals surface area contributed by atoms with Crippen molar-refractivity contribution in [2.75, 3.05) is 6.54 Å². The van der Waals surface area contributed by atoms with Gasteiger partial charge >= 0.3 is 0 Å². The molecule has 1 aromatic heterocycles. The Kier molecular flexibility index (Phi) is 6.12. The fourth-order valence-electron chi connectivity index (χ4n) is 2.32. The van der Waals surface area contributed by atoms with E-state index in [0.29, 0.717) is 17.0 Å². The molecule has 0 saturated carbocycles. The summed E-state index contributed by atoms with van der Waals surface area (Å²) in [5.74, 6) is 0.554. The zero-order valence-electron chi connectivity index (χ0n) is 12.6. The minimum Gasteiger partial charge on any atom is -0.309 e. The molecular weight excluding hydrogens is 321 g/mol. The summed E-state index contributed by atoms with van der Waals surface area (Å²) in [6, 6.07) is 10.3. The molecule has 0 amide bonds. The van der Waals surface area contributed by atoms with Crippen LogP contribution in [0.25, 0.3) is 10.4 Å². The van der Waals surface area contributed by atoms with E-state index in [1.165, 1.54) is 9.75 Å². The molecule has 0 fully saturated rings. The molecule has 1 nitrogen and oxygen atoms in total. The molecule has 1 heterocycles. The fraction of sp³-hybridized carbons (Fsp3) is 0.412. The van der Waals surface area contributed by atoms with Crippen molar-refractivity contribution in [3.8, 4) is 10.4 Å². The van der Waals surface area contributed by atoms with Gasteiger partial charge in [0.05, 0.1) is 0 Å². The monoisotopic (exact) mass is 341 g/mol. The van der Waals surface area contributed by atoms with Crippen LogP contribution < -0.4 is 5.32 Å². The Balaban J connectivity index is 2.29. The lowest BCUT2D eigenvalue weighted by Crippen LogP contribution is -2.25. The SMILES string of the molecule is CCCNC(c1ccc(-c2cc(Cl)ccc2Cl)s1)C(C)C. The van der Waals surface area contributed by atoms with Crippen LogP contribution in [0.5, 0.6) is 0 Å². The highest BCUT2D eigenvalue weighted by atomic mass is 35.5. The second-order valence-corrected chi connectivity index (χ2v) is 7.46. The Morgan fingerprint density at radius 1 is 1.14 bits per heavy atom. The van der Waals surface area contributed by atoms with E-state index >= 15 is 0 Å². The Labute approximate surface area is 141 Å². The molecule has 2 aromatic rings. The van der Waals surface area contributed by atoms with Crippen LogP contribution in [0, 0.1) is 5.92 Å². The number of benzene rings is 1. The molecule has 2 rings (SSSR count). The first-order chi connectivity index (χ1) is 10.0. The molecule has 1 unspecified atom stereocenters. The van der Waals surface area contributed by atoms with E-state index < -0.39 is 0 Å². The van der Waals surface area contributed by atoms with Gasteiger partial charge in [-0.2, -0.15) is 0 Å². The molecule has 0 aliphatic carbocycles. The molecule has 1 N–H and O–H groups in total. The Morgan fingerprint density at radius 3 is 2.57 bits per heavy atom. The molecule has 0 aliphatic rings. The average Bonchev–Trinajstić information content (AvgIpc) is 2.91. The first-order valence-electron chi connectivity index (χ1n) is 7.31. The summed E-state index contributed by atoms with van der Waals surface area (Å²) < 4.78 is 0. The van der Waals surface area contributed by atoms with E-state index in [0.717, 1.165) is 23.6 Å². The topological polar surface area (TPSA) is 12.0 Å². The predicted molar refractivity (Wildman–Crippen MR) is 95.6 cm³/mol. The van der Waals surface area contributed by atoms with E-state index in [-0.39, 0.29) is 0 Å². The first-order valence-corrected chi connectivity index (χ1v) is 8.88.